The molecule has 0 bridgehead atoms. The molecule has 1 unspecified atom stereocenters. The molecule has 0 aromatic carbocycles. The molecule has 3 rings (SSSR count). The van der Waals surface area contributed by atoms with E-state index in [1.165, 1.54) is 0 Å². The number of aromatic nitrogens is 3. The van der Waals surface area contributed by atoms with Gasteiger partial charge in [0.2, 0.25) is 0 Å². The zero-order valence-electron chi connectivity index (χ0n) is 10.9. The lowest BCUT2D eigenvalue weighted by molar-refractivity contribution is 0.0481. The summed E-state index contributed by atoms with van der Waals surface area (Å²) in [6.07, 6.45) is 8.16. The van der Waals surface area contributed by atoms with Crippen molar-refractivity contribution in [3.05, 3.63) is 23.2 Å². The van der Waals surface area contributed by atoms with Gasteiger partial charge in [0.1, 0.15) is 4.60 Å². The number of fused-ring (bicyclic) bond motifs is 1. The van der Waals surface area contributed by atoms with Crippen LogP contribution in [-0.2, 0) is 0 Å². The molecule has 5 nitrogen and oxygen atoms in total. The van der Waals surface area contributed by atoms with Crippen molar-refractivity contribution in [1.82, 2.24) is 14.4 Å². The number of rotatable bonds is 1. The Balaban J connectivity index is 1.97. The minimum absolute atomic E-state index is 0.563. The maximum atomic E-state index is 10.2. The lowest BCUT2D eigenvalue weighted by Crippen LogP contribution is -2.29. The van der Waals surface area contributed by atoms with Gasteiger partial charge in [0.15, 0.2) is 11.5 Å². The molecule has 2 aromatic rings. The van der Waals surface area contributed by atoms with Gasteiger partial charge in [-0.25, -0.2) is 9.97 Å². The van der Waals surface area contributed by atoms with Crippen LogP contribution < -0.4 is 4.90 Å². The van der Waals surface area contributed by atoms with E-state index in [1.54, 1.807) is 6.20 Å². The fourth-order valence-electron chi connectivity index (χ4n) is 2.57. The minimum atomic E-state index is -0.563. The van der Waals surface area contributed by atoms with Crippen molar-refractivity contribution in [3.63, 3.8) is 0 Å². The molecule has 1 fully saturated rings. The summed E-state index contributed by atoms with van der Waals surface area (Å²) >= 11 is 3.44. The Labute approximate surface area is 120 Å². The van der Waals surface area contributed by atoms with Gasteiger partial charge in [0, 0.05) is 31.7 Å². The first-order valence-corrected chi connectivity index (χ1v) is 7.31. The average Bonchev–Trinajstić information content (AvgIpc) is 2.72. The summed E-state index contributed by atoms with van der Waals surface area (Å²) in [7, 11) is 0. The summed E-state index contributed by atoms with van der Waals surface area (Å²) in [5.41, 5.74) is 0.302. The maximum Gasteiger partial charge on any atom is 0.180 e. The molecule has 1 atom stereocenters. The number of anilines is 1. The van der Waals surface area contributed by atoms with E-state index in [0.29, 0.717) is 0 Å². The third kappa shape index (κ3) is 2.60. The average molecular weight is 325 g/mol. The van der Waals surface area contributed by atoms with Crippen molar-refractivity contribution < 1.29 is 5.11 Å². The van der Waals surface area contributed by atoms with Crippen molar-refractivity contribution in [2.24, 2.45) is 0 Å². The van der Waals surface area contributed by atoms with Gasteiger partial charge in [0.05, 0.1) is 5.60 Å². The van der Waals surface area contributed by atoms with Crippen molar-refractivity contribution in [1.29, 1.82) is 0 Å². The third-order valence-corrected chi connectivity index (χ3v) is 4.07. The van der Waals surface area contributed by atoms with Crippen LogP contribution in [0.15, 0.2) is 23.2 Å². The molecule has 0 radical (unpaired) electrons. The second-order valence-electron chi connectivity index (χ2n) is 5.38. The van der Waals surface area contributed by atoms with Crippen molar-refractivity contribution >= 4 is 27.4 Å². The fraction of sp³-hybridized carbons (Fsp3) is 0.538. The lowest BCUT2D eigenvalue weighted by Gasteiger charge is -2.23. The van der Waals surface area contributed by atoms with Crippen LogP contribution in [0.1, 0.15) is 26.2 Å². The van der Waals surface area contributed by atoms with E-state index in [1.807, 2.05) is 23.7 Å². The summed E-state index contributed by atoms with van der Waals surface area (Å²) in [4.78, 5) is 11.2. The van der Waals surface area contributed by atoms with E-state index in [2.05, 4.69) is 30.8 Å². The van der Waals surface area contributed by atoms with Crippen LogP contribution in [0.2, 0.25) is 0 Å². The predicted octanol–water partition coefficient (Wildman–Crippen LogP) is 2.23. The van der Waals surface area contributed by atoms with Crippen LogP contribution in [0.25, 0.3) is 5.65 Å². The van der Waals surface area contributed by atoms with Crippen LogP contribution in [0, 0.1) is 0 Å². The molecule has 1 saturated heterocycles. The molecule has 0 saturated carbocycles. The smallest absolute Gasteiger partial charge is 0.180 e. The van der Waals surface area contributed by atoms with Crippen LogP contribution in [0.3, 0.4) is 0 Å². The first-order valence-electron chi connectivity index (χ1n) is 6.52. The lowest BCUT2D eigenvalue weighted by atomic mass is 9.98. The Morgan fingerprint density at radius 1 is 1.37 bits per heavy atom. The molecule has 1 aliphatic rings. The van der Waals surface area contributed by atoms with Gasteiger partial charge in [-0.05, 0) is 42.1 Å². The van der Waals surface area contributed by atoms with Gasteiger partial charge in [-0.3, -0.25) is 0 Å². The van der Waals surface area contributed by atoms with Gasteiger partial charge in [-0.15, -0.1) is 0 Å². The number of halogens is 1. The molecule has 102 valence electrons. The second-order valence-corrected chi connectivity index (χ2v) is 6.20. The molecule has 2 aromatic heterocycles. The summed E-state index contributed by atoms with van der Waals surface area (Å²) in [5, 5.41) is 10.2. The minimum Gasteiger partial charge on any atom is -0.390 e. The van der Waals surface area contributed by atoms with E-state index in [9.17, 15) is 5.11 Å². The van der Waals surface area contributed by atoms with Gasteiger partial charge in [-0.1, -0.05) is 0 Å². The number of nitrogens with zero attached hydrogens (tertiary/aromatic N) is 4. The molecule has 0 amide bonds. The number of imidazole rings is 1. The largest absolute Gasteiger partial charge is 0.390 e. The number of aliphatic hydroxyl groups is 1. The first kappa shape index (κ1) is 12.9. The van der Waals surface area contributed by atoms with E-state index in [0.717, 1.165) is 48.4 Å². The van der Waals surface area contributed by atoms with Gasteiger partial charge in [-0.2, -0.15) is 0 Å². The highest BCUT2D eigenvalue weighted by Gasteiger charge is 2.26. The zero-order chi connectivity index (χ0) is 13.5. The third-order valence-electron chi connectivity index (χ3n) is 3.69. The Morgan fingerprint density at radius 3 is 3.05 bits per heavy atom. The van der Waals surface area contributed by atoms with E-state index < -0.39 is 5.60 Å². The summed E-state index contributed by atoms with van der Waals surface area (Å²) < 4.78 is 2.76. The molecule has 3 heterocycles. The quantitative estimate of drug-likeness (QED) is 0.874. The highest BCUT2D eigenvalue weighted by molar-refractivity contribution is 9.10. The van der Waals surface area contributed by atoms with Gasteiger partial charge in [0.25, 0.3) is 0 Å². The molecular weight excluding hydrogens is 308 g/mol. The van der Waals surface area contributed by atoms with E-state index in [-0.39, 0.29) is 0 Å². The molecule has 19 heavy (non-hydrogen) atoms. The highest BCUT2D eigenvalue weighted by Crippen LogP contribution is 2.27. The Morgan fingerprint density at radius 2 is 2.21 bits per heavy atom. The zero-order valence-corrected chi connectivity index (χ0v) is 12.5. The molecule has 0 aliphatic carbocycles. The highest BCUT2D eigenvalue weighted by atomic mass is 79.9. The van der Waals surface area contributed by atoms with Crippen molar-refractivity contribution in [2.75, 3.05) is 18.0 Å². The Kier molecular flexibility index (Phi) is 3.22. The SMILES string of the molecule is CC1(O)CCCN(c2nc(Br)cn3ccnc23)CC1. The van der Waals surface area contributed by atoms with Crippen molar-refractivity contribution in [3.8, 4) is 0 Å². The summed E-state index contributed by atoms with van der Waals surface area (Å²) in [6, 6.07) is 0. The number of hydrogen-bond donors (Lipinski definition) is 1. The van der Waals surface area contributed by atoms with Gasteiger partial charge >= 0.3 is 0 Å². The van der Waals surface area contributed by atoms with E-state index in [4.69, 9.17) is 0 Å². The molecule has 1 N–H and O–H groups in total. The fourth-order valence-corrected chi connectivity index (χ4v) is 2.96. The standard InChI is InChI=1S/C13H17BrN4O/c1-13(19)3-2-6-17(7-4-13)12-11-15-5-8-18(11)9-10(14)16-12/h5,8-9,19H,2-4,6-7H2,1H3. The first-order chi connectivity index (χ1) is 9.05. The number of hydrogen-bond acceptors (Lipinski definition) is 4. The predicted molar refractivity (Wildman–Crippen MR) is 77.4 cm³/mol. The normalized spacial score (nSPS) is 24.7. The second kappa shape index (κ2) is 4.76. The van der Waals surface area contributed by atoms with Crippen molar-refractivity contribution in [2.45, 2.75) is 31.8 Å². The maximum absolute atomic E-state index is 10.2. The van der Waals surface area contributed by atoms with Crippen LogP contribution in [0.4, 0.5) is 5.82 Å². The molecule has 0 spiro atoms. The Hall–Kier alpha value is -1.14. The summed E-state index contributed by atoms with van der Waals surface area (Å²) in [6.45, 7) is 3.62. The molecule has 6 heteroatoms. The van der Waals surface area contributed by atoms with E-state index >= 15 is 0 Å². The van der Waals surface area contributed by atoms with Gasteiger partial charge < -0.3 is 14.4 Å². The summed E-state index contributed by atoms with van der Waals surface area (Å²) in [5.74, 6) is 0.886. The Bertz CT molecular complexity index is 595. The molecular formula is C13H17BrN4O. The topological polar surface area (TPSA) is 53.7 Å². The van der Waals surface area contributed by atoms with Crippen LogP contribution in [0.5, 0.6) is 0 Å². The molecule has 1 aliphatic heterocycles. The monoisotopic (exact) mass is 324 g/mol. The van der Waals surface area contributed by atoms with Crippen LogP contribution in [-0.4, -0.2) is 38.2 Å². The van der Waals surface area contributed by atoms with Crippen LogP contribution >= 0.6 is 15.9 Å².